The first kappa shape index (κ1) is 10.2. The molecule has 0 radical (unpaired) electrons. The van der Waals surface area contributed by atoms with E-state index in [2.05, 4.69) is 5.48 Å². The molecule has 1 rings (SSSR count). The van der Waals surface area contributed by atoms with Crippen molar-refractivity contribution in [3.8, 4) is 0 Å². The lowest BCUT2D eigenvalue weighted by Crippen LogP contribution is -2.23. The standard InChI is InChI=1S/C10H15NO2/c1-12-8-10(11-13-2)9-6-4-3-5-7-9/h3-7,10-11H,8H2,1-2H3. The first-order valence-electron chi connectivity index (χ1n) is 4.21. The lowest BCUT2D eigenvalue weighted by atomic mass is 10.1. The number of hydrogen-bond acceptors (Lipinski definition) is 3. The third-order valence-electron chi connectivity index (χ3n) is 1.80. The van der Waals surface area contributed by atoms with Gasteiger partial charge in [0, 0.05) is 7.11 Å². The van der Waals surface area contributed by atoms with E-state index in [1.165, 1.54) is 0 Å². The SMILES string of the molecule is COCC(NOC)c1ccccc1. The maximum atomic E-state index is 5.07. The van der Waals surface area contributed by atoms with Gasteiger partial charge in [-0.25, -0.2) is 0 Å². The Hall–Kier alpha value is -0.900. The Morgan fingerprint density at radius 1 is 1.23 bits per heavy atom. The van der Waals surface area contributed by atoms with E-state index in [0.29, 0.717) is 6.61 Å². The fraction of sp³-hybridized carbons (Fsp3) is 0.400. The van der Waals surface area contributed by atoms with Gasteiger partial charge in [-0.3, -0.25) is 0 Å². The Morgan fingerprint density at radius 3 is 2.46 bits per heavy atom. The van der Waals surface area contributed by atoms with E-state index in [4.69, 9.17) is 9.57 Å². The Kier molecular flexibility index (Phi) is 4.46. The van der Waals surface area contributed by atoms with Gasteiger partial charge >= 0.3 is 0 Å². The van der Waals surface area contributed by atoms with Gasteiger partial charge in [0.15, 0.2) is 0 Å². The van der Waals surface area contributed by atoms with Gasteiger partial charge in [-0.05, 0) is 5.56 Å². The second-order valence-electron chi connectivity index (χ2n) is 2.74. The van der Waals surface area contributed by atoms with E-state index in [1.54, 1.807) is 14.2 Å². The molecule has 0 fully saturated rings. The Balaban J connectivity index is 2.64. The normalized spacial score (nSPS) is 12.8. The molecule has 1 aromatic rings. The lowest BCUT2D eigenvalue weighted by Gasteiger charge is -2.16. The predicted molar refractivity (Wildman–Crippen MR) is 51.2 cm³/mol. The van der Waals surface area contributed by atoms with Crippen LogP contribution in [0.2, 0.25) is 0 Å². The Morgan fingerprint density at radius 2 is 1.92 bits per heavy atom. The van der Waals surface area contributed by atoms with Crippen molar-refractivity contribution in [3.05, 3.63) is 35.9 Å². The predicted octanol–water partition coefficient (Wildman–Crippen LogP) is 1.53. The van der Waals surface area contributed by atoms with Crippen LogP contribution in [0.15, 0.2) is 30.3 Å². The summed E-state index contributed by atoms with van der Waals surface area (Å²) in [6.07, 6.45) is 0. The van der Waals surface area contributed by atoms with E-state index in [1.807, 2.05) is 30.3 Å². The van der Waals surface area contributed by atoms with Crippen molar-refractivity contribution in [1.82, 2.24) is 5.48 Å². The average molecular weight is 181 g/mol. The molecule has 0 saturated carbocycles. The molecular formula is C10H15NO2. The van der Waals surface area contributed by atoms with Gasteiger partial charge in [0.25, 0.3) is 0 Å². The molecular weight excluding hydrogens is 166 g/mol. The number of ether oxygens (including phenoxy) is 1. The van der Waals surface area contributed by atoms with Crippen LogP contribution in [0.1, 0.15) is 11.6 Å². The first-order chi connectivity index (χ1) is 6.38. The summed E-state index contributed by atoms with van der Waals surface area (Å²) in [5, 5.41) is 0. The van der Waals surface area contributed by atoms with Crippen LogP contribution in [0.4, 0.5) is 0 Å². The average Bonchev–Trinajstić information content (AvgIpc) is 2.19. The minimum absolute atomic E-state index is 0.0937. The summed E-state index contributed by atoms with van der Waals surface area (Å²) in [5.41, 5.74) is 4.03. The van der Waals surface area contributed by atoms with Crippen molar-refractivity contribution in [2.45, 2.75) is 6.04 Å². The lowest BCUT2D eigenvalue weighted by molar-refractivity contribution is 0.0292. The molecule has 0 aromatic heterocycles. The number of rotatable bonds is 5. The van der Waals surface area contributed by atoms with Crippen molar-refractivity contribution in [2.75, 3.05) is 20.8 Å². The molecule has 13 heavy (non-hydrogen) atoms. The third kappa shape index (κ3) is 3.14. The zero-order valence-corrected chi connectivity index (χ0v) is 7.99. The number of nitrogens with one attached hydrogen (secondary N) is 1. The van der Waals surface area contributed by atoms with E-state index in [9.17, 15) is 0 Å². The van der Waals surface area contributed by atoms with Crippen LogP contribution in [-0.2, 0) is 9.57 Å². The second kappa shape index (κ2) is 5.70. The van der Waals surface area contributed by atoms with Gasteiger partial charge in [0.2, 0.25) is 0 Å². The molecule has 0 aliphatic carbocycles. The minimum atomic E-state index is 0.0937. The summed E-state index contributed by atoms with van der Waals surface area (Å²) in [6, 6.07) is 10.1. The zero-order chi connectivity index (χ0) is 9.52. The van der Waals surface area contributed by atoms with Gasteiger partial charge in [0.05, 0.1) is 19.8 Å². The van der Waals surface area contributed by atoms with E-state index in [-0.39, 0.29) is 6.04 Å². The van der Waals surface area contributed by atoms with Gasteiger partial charge in [-0.1, -0.05) is 30.3 Å². The molecule has 0 heterocycles. The summed E-state index contributed by atoms with van der Waals surface area (Å²) in [4.78, 5) is 4.88. The van der Waals surface area contributed by atoms with Crippen LogP contribution in [-0.4, -0.2) is 20.8 Å². The van der Waals surface area contributed by atoms with Crippen LogP contribution in [0, 0.1) is 0 Å². The largest absolute Gasteiger partial charge is 0.383 e. The van der Waals surface area contributed by atoms with Crippen molar-refractivity contribution < 1.29 is 9.57 Å². The van der Waals surface area contributed by atoms with Crippen molar-refractivity contribution in [3.63, 3.8) is 0 Å². The van der Waals surface area contributed by atoms with Gasteiger partial charge in [0.1, 0.15) is 0 Å². The highest BCUT2D eigenvalue weighted by molar-refractivity contribution is 5.18. The van der Waals surface area contributed by atoms with E-state index in [0.717, 1.165) is 5.56 Å². The first-order valence-corrected chi connectivity index (χ1v) is 4.21. The molecule has 0 aliphatic heterocycles. The van der Waals surface area contributed by atoms with Gasteiger partial charge < -0.3 is 9.57 Å². The van der Waals surface area contributed by atoms with Crippen molar-refractivity contribution >= 4 is 0 Å². The highest BCUT2D eigenvalue weighted by atomic mass is 16.6. The Labute approximate surface area is 78.6 Å². The maximum Gasteiger partial charge on any atom is 0.0805 e. The van der Waals surface area contributed by atoms with Crippen LogP contribution < -0.4 is 5.48 Å². The molecule has 3 nitrogen and oxygen atoms in total. The van der Waals surface area contributed by atoms with Crippen molar-refractivity contribution in [1.29, 1.82) is 0 Å². The van der Waals surface area contributed by atoms with Crippen LogP contribution in [0.25, 0.3) is 0 Å². The zero-order valence-electron chi connectivity index (χ0n) is 7.99. The summed E-state index contributed by atoms with van der Waals surface area (Å²) in [6.45, 7) is 0.595. The molecule has 0 saturated heterocycles. The smallest absolute Gasteiger partial charge is 0.0805 e. The third-order valence-corrected chi connectivity index (χ3v) is 1.80. The molecule has 0 spiro atoms. The molecule has 1 aromatic carbocycles. The number of hydroxylamine groups is 1. The second-order valence-corrected chi connectivity index (χ2v) is 2.74. The van der Waals surface area contributed by atoms with Gasteiger partial charge in [-0.2, -0.15) is 5.48 Å². The molecule has 1 unspecified atom stereocenters. The number of hydrogen-bond donors (Lipinski definition) is 1. The fourth-order valence-electron chi connectivity index (χ4n) is 1.19. The minimum Gasteiger partial charge on any atom is -0.383 e. The fourth-order valence-corrected chi connectivity index (χ4v) is 1.19. The quantitative estimate of drug-likeness (QED) is 0.699. The van der Waals surface area contributed by atoms with E-state index >= 15 is 0 Å². The topological polar surface area (TPSA) is 30.5 Å². The van der Waals surface area contributed by atoms with Gasteiger partial charge in [-0.15, -0.1) is 0 Å². The molecule has 72 valence electrons. The van der Waals surface area contributed by atoms with Crippen LogP contribution >= 0.6 is 0 Å². The summed E-state index contributed by atoms with van der Waals surface area (Å²) >= 11 is 0. The number of benzene rings is 1. The van der Waals surface area contributed by atoms with Crippen LogP contribution in [0.3, 0.4) is 0 Å². The molecule has 0 amide bonds. The highest BCUT2D eigenvalue weighted by Gasteiger charge is 2.08. The highest BCUT2D eigenvalue weighted by Crippen LogP contribution is 2.11. The summed E-state index contributed by atoms with van der Waals surface area (Å²) in [7, 11) is 3.28. The molecule has 1 N–H and O–H groups in total. The molecule has 0 aliphatic rings. The maximum absolute atomic E-state index is 5.07. The summed E-state index contributed by atoms with van der Waals surface area (Å²) in [5.74, 6) is 0. The molecule has 0 bridgehead atoms. The number of methoxy groups -OCH3 is 1. The molecule has 3 heteroatoms. The van der Waals surface area contributed by atoms with Crippen LogP contribution in [0.5, 0.6) is 0 Å². The van der Waals surface area contributed by atoms with E-state index < -0.39 is 0 Å². The monoisotopic (exact) mass is 181 g/mol. The van der Waals surface area contributed by atoms with Crippen molar-refractivity contribution in [2.24, 2.45) is 0 Å². The summed E-state index contributed by atoms with van der Waals surface area (Å²) < 4.78 is 5.07. The Bertz CT molecular complexity index is 220. The molecule has 1 atom stereocenters.